The normalized spacial score (nSPS) is 11.6. The lowest BCUT2D eigenvalue weighted by atomic mass is 10.3. The van der Waals surface area contributed by atoms with Gasteiger partial charge in [-0.3, -0.25) is 0 Å². The minimum absolute atomic E-state index is 0.248. The van der Waals surface area contributed by atoms with Crippen LogP contribution in [0.1, 0.15) is 4.88 Å². The monoisotopic (exact) mass is 457 g/mol. The van der Waals surface area contributed by atoms with E-state index in [4.69, 9.17) is 11.6 Å². The second-order valence-corrected chi connectivity index (χ2v) is 9.83. The topological polar surface area (TPSA) is 46.2 Å². The van der Waals surface area contributed by atoms with Crippen LogP contribution in [0.15, 0.2) is 37.4 Å². The van der Waals surface area contributed by atoms with Crippen LogP contribution in [-0.4, -0.2) is 14.7 Å². The summed E-state index contributed by atoms with van der Waals surface area (Å²) in [4.78, 5) is 1.35. The lowest BCUT2D eigenvalue weighted by Crippen LogP contribution is -2.02. The second kappa shape index (κ2) is 6.36. The van der Waals surface area contributed by atoms with E-state index in [9.17, 15) is 8.42 Å². The first kappa shape index (κ1) is 16.3. The van der Waals surface area contributed by atoms with Crippen molar-refractivity contribution in [3.63, 3.8) is 0 Å². The van der Waals surface area contributed by atoms with E-state index in [1.54, 1.807) is 23.5 Å². The zero-order chi connectivity index (χ0) is 14.9. The van der Waals surface area contributed by atoms with Crippen LogP contribution < -0.4 is 5.32 Å². The molecule has 3 nitrogen and oxygen atoms in total. The van der Waals surface area contributed by atoms with E-state index < -0.39 is 9.84 Å². The number of hydrogen-bond acceptors (Lipinski definition) is 4. The van der Waals surface area contributed by atoms with Gasteiger partial charge in [-0.1, -0.05) is 11.6 Å². The number of halogens is 3. The third kappa shape index (κ3) is 3.98. The fraction of sp³-hybridized carbons (Fsp3) is 0.167. The van der Waals surface area contributed by atoms with Gasteiger partial charge in [0, 0.05) is 22.2 Å². The molecule has 0 spiro atoms. The van der Waals surface area contributed by atoms with E-state index in [0.717, 1.165) is 13.1 Å². The molecule has 0 aliphatic heterocycles. The maximum atomic E-state index is 11.5. The van der Waals surface area contributed by atoms with Crippen molar-refractivity contribution in [2.45, 2.75) is 11.4 Å². The number of anilines is 1. The quantitative estimate of drug-likeness (QED) is 0.704. The third-order valence-electron chi connectivity index (χ3n) is 2.52. The summed E-state index contributed by atoms with van der Waals surface area (Å²) in [6.07, 6.45) is 1.17. The molecule has 108 valence electrons. The molecule has 0 saturated carbocycles. The molecule has 0 atom stereocenters. The molecular formula is C12H10Br2ClNO2S2. The van der Waals surface area contributed by atoms with Gasteiger partial charge >= 0.3 is 0 Å². The van der Waals surface area contributed by atoms with Crippen molar-refractivity contribution in [3.05, 3.63) is 42.4 Å². The highest BCUT2D eigenvalue weighted by atomic mass is 79.9. The van der Waals surface area contributed by atoms with Crippen molar-refractivity contribution in [1.29, 1.82) is 0 Å². The molecule has 1 aromatic heterocycles. The van der Waals surface area contributed by atoms with Gasteiger partial charge in [-0.2, -0.15) is 0 Å². The number of sulfone groups is 1. The molecule has 2 rings (SSSR count). The smallest absolute Gasteiger partial charge is 0.175 e. The van der Waals surface area contributed by atoms with E-state index in [1.165, 1.54) is 12.3 Å². The van der Waals surface area contributed by atoms with Crippen molar-refractivity contribution in [2.75, 3.05) is 11.6 Å². The first-order valence-corrected chi connectivity index (χ1v) is 10.1. The Morgan fingerprint density at radius 2 is 2.00 bits per heavy atom. The molecule has 1 N–H and O–H groups in total. The van der Waals surface area contributed by atoms with Crippen molar-refractivity contribution in [1.82, 2.24) is 0 Å². The molecule has 0 amide bonds. The van der Waals surface area contributed by atoms with Gasteiger partial charge in [-0.25, -0.2) is 8.42 Å². The molecule has 0 saturated heterocycles. The highest BCUT2D eigenvalue weighted by Crippen LogP contribution is 2.33. The summed E-state index contributed by atoms with van der Waals surface area (Å²) in [5.41, 5.74) is 0.607. The molecule has 0 aliphatic rings. The predicted octanol–water partition coefficient (Wildman–Crippen LogP) is 4.94. The lowest BCUT2D eigenvalue weighted by molar-refractivity contribution is 0.602. The summed E-state index contributed by atoms with van der Waals surface area (Å²) in [7, 11) is -3.24. The van der Waals surface area contributed by atoms with Crippen molar-refractivity contribution < 1.29 is 8.42 Å². The van der Waals surface area contributed by atoms with E-state index >= 15 is 0 Å². The van der Waals surface area contributed by atoms with E-state index in [1.807, 2.05) is 6.07 Å². The SMILES string of the molecule is CS(=O)(=O)c1ccc(Cl)c(NCc2cc(Br)c(Br)s2)c1. The zero-order valence-electron chi connectivity index (χ0n) is 10.3. The van der Waals surface area contributed by atoms with Gasteiger partial charge in [-0.05, 0) is 56.1 Å². The Labute approximate surface area is 143 Å². The molecule has 0 unspecified atom stereocenters. The van der Waals surface area contributed by atoms with Crippen molar-refractivity contribution >= 4 is 70.3 Å². The van der Waals surface area contributed by atoms with Crippen LogP contribution in [0.4, 0.5) is 5.69 Å². The summed E-state index contributed by atoms with van der Waals surface area (Å²) in [6, 6.07) is 6.63. The molecule has 1 heterocycles. The van der Waals surface area contributed by atoms with Crippen LogP contribution in [-0.2, 0) is 16.4 Å². The first-order chi connectivity index (χ1) is 9.27. The third-order valence-corrected chi connectivity index (χ3v) is 7.21. The summed E-state index contributed by atoms with van der Waals surface area (Å²) < 4.78 is 25.1. The van der Waals surface area contributed by atoms with Gasteiger partial charge in [0.2, 0.25) is 0 Å². The average molecular weight is 460 g/mol. The van der Waals surface area contributed by atoms with Crippen molar-refractivity contribution in [3.8, 4) is 0 Å². The van der Waals surface area contributed by atoms with Crippen LogP contribution in [0.5, 0.6) is 0 Å². The predicted molar refractivity (Wildman–Crippen MR) is 91.6 cm³/mol. The first-order valence-electron chi connectivity index (χ1n) is 5.44. The molecule has 20 heavy (non-hydrogen) atoms. The van der Waals surface area contributed by atoms with Gasteiger partial charge in [0.25, 0.3) is 0 Å². The number of rotatable bonds is 4. The molecule has 0 aliphatic carbocycles. The second-order valence-electron chi connectivity index (χ2n) is 4.10. The Balaban J connectivity index is 2.21. The number of benzene rings is 1. The Hall–Kier alpha value is -0.0800. The maximum Gasteiger partial charge on any atom is 0.175 e. The Bertz CT molecular complexity index is 724. The molecule has 0 radical (unpaired) electrons. The fourth-order valence-electron chi connectivity index (χ4n) is 1.53. The molecular weight excluding hydrogens is 450 g/mol. The largest absolute Gasteiger partial charge is 0.379 e. The highest BCUT2D eigenvalue weighted by Gasteiger charge is 2.11. The van der Waals surface area contributed by atoms with Crippen LogP contribution in [0.3, 0.4) is 0 Å². The van der Waals surface area contributed by atoms with Crippen LogP contribution in [0, 0.1) is 0 Å². The van der Waals surface area contributed by atoms with Crippen LogP contribution in [0.2, 0.25) is 5.02 Å². The summed E-state index contributed by atoms with van der Waals surface area (Å²) >= 11 is 14.5. The Morgan fingerprint density at radius 3 is 2.55 bits per heavy atom. The average Bonchev–Trinajstić information content (AvgIpc) is 2.66. The number of thiophene rings is 1. The molecule has 8 heteroatoms. The van der Waals surface area contributed by atoms with E-state index in [-0.39, 0.29) is 4.90 Å². The van der Waals surface area contributed by atoms with Gasteiger partial charge < -0.3 is 5.32 Å². The highest BCUT2D eigenvalue weighted by molar-refractivity contribution is 9.13. The minimum atomic E-state index is -3.24. The van der Waals surface area contributed by atoms with Gasteiger partial charge in [0.15, 0.2) is 9.84 Å². The minimum Gasteiger partial charge on any atom is -0.379 e. The zero-order valence-corrected chi connectivity index (χ0v) is 15.8. The Morgan fingerprint density at radius 1 is 1.30 bits per heavy atom. The number of hydrogen-bond donors (Lipinski definition) is 1. The number of nitrogens with one attached hydrogen (secondary N) is 1. The van der Waals surface area contributed by atoms with Crippen LogP contribution >= 0.6 is 54.8 Å². The van der Waals surface area contributed by atoms with Crippen molar-refractivity contribution in [2.24, 2.45) is 0 Å². The maximum absolute atomic E-state index is 11.5. The summed E-state index contributed by atoms with van der Waals surface area (Å²) in [5, 5.41) is 3.65. The van der Waals surface area contributed by atoms with E-state index in [2.05, 4.69) is 37.2 Å². The summed E-state index contributed by atoms with van der Waals surface area (Å²) in [6.45, 7) is 0.571. The van der Waals surface area contributed by atoms with E-state index in [0.29, 0.717) is 17.3 Å². The lowest BCUT2D eigenvalue weighted by Gasteiger charge is -2.09. The standard InChI is InChI=1S/C12H10Br2ClNO2S2/c1-20(17,18)8-2-3-10(15)11(5-8)16-6-7-4-9(13)12(14)19-7/h2-5,16H,6H2,1H3. The summed E-state index contributed by atoms with van der Waals surface area (Å²) in [5.74, 6) is 0. The van der Waals surface area contributed by atoms with Gasteiger partial charge in [0.05, 0.1) is 19.4 Å². The molecule has 1 aromatic carbocycles. The Kier molecular flexibility index (Phi) is 5.18. The molecule has 0 bridgehead atoms. The molecule has 0 fully saturated rings. The molecule has 2 aromatic rings. The van der Waals surface area contributed by atoms with Crippen LogP contribution in [0.25, 0.3) is 0 Å². The fourth-order valence-corrected chi connectivity index (χ4v) is 4.48. The van der Waals surface area contributed by atoms with Gasteiger partial charge in [-0.15, -0.1) is 11.3 Å². The van der Waals surface area contributed by atoms with Gasteiger partial charge in [0.1, 0.15) is 0 Å².